The molecule has 1 aromatic heterocycles. The molecule has 2 unspecified atom stereocenters. The lowest BCUT2D eigenvalue weighted by Crippen LogP contribution is -2.21. The van der Waals surface area contributed by atoms with Gasteiger partial charge in [-0.15, -0.1) is 11.3 Å². The van der Waals surface area contributed by atoms with E-state index in [2.05, 4.69) is 17.6 Å². The number of benzene rings is 1. The molecule has 2 amide bonds. The number of anilines is 2. The first kappa shape index (κ1) is 22.8. The van der Waals surface area contributed by atoms with Gasteiger partial charge in [-0.05, 0) is 48.8 Å². The molecular weight excluding hydrogens is 416 g/mol. The van der Waals surface area contributed by atoms with E-state index in [0.29, 0.717) is 27.9 Å². The minimum atomic E-state index is -0.933. The van der Waals surface area contributed by atoms with Crippen molar-refractivity contribution in [2.24, 2.45) is 11.8 Å². The SMILES string of the molecule is COc1ccccc1NC(=O)c1c(NC(=O)CC(C)CC(=O)O)sc2c1CCC(C)C2. The smallest absolute Gasteiger partial charge is 0.303 e. The van der Waals surface area contributed by atoms with Crippen LogP contribution in [0.2, 0.25) is 0 Å². The molecule has 31 heavy (non-hydrogen) atoms. The monoisotopic (exact) mass is 444 g/mol. The zero-order valence-electron chi connectivity index (χ0n) is 18.0. The van der Waals surface area contributed by atoms with Crippen LogP contribution in [0.25, 0.3) is 0 Å². The molecule has 8 heteroatoms. The van der Waals surface area contributed by atoms with Crippen molar-refractivity contribution < 1.29 is 24.2 Å². The summed E-state index contributed by atoms with van der Waals surface area (Å²) in [6, 6.07) is 7.18. The number of rotatable bonds is 8. The van der Waals surface area contributed by atoms with E-state index >= 15 is 0 Å². The molecule has 2 aromatic rings. The maximum Gasteiger partial charge on any atom is 0.303 e. The fourth-order valence-corrected chi connectivity index (χ4v) is 5.30. The zero-order valence-corrected chi connectivity index (χ0v) is 18.8. The zero-order chi connectivity index (χ0) is 22.5. The summed E-state index contributed by atoms with van der Waals surface area (Å²) in [5, 5.41) is 15.3. The van der Waals surface area contributed by atoms with E-state index in [1.807, 2.05) is 12.1 Å². The summed E-state index contributed by atoms with van der Waals surface area (Å²) in [5.74, 6) is -0.718. The number of hydrogen-bond donors (Lipinski definition) is 3. The van der Waals surface area contributed by atoms with Crippen LogP contribution in [0.1, 0.15) is 53.9 Å². The predicted octanol–water partition coefficient (Wildman–Crippen LogP) is 4.57. The average Bonchev–Trinajstić information content (AvgIpc) is 3.04. The van der Waals surface area contributed by atoms with Gasteiger partial charge in [0.25, 0.3) is 5.91 Å². The van der Waals surface area contributed by atoms with Gasteiger partial charge in [0.1, 0.15) is 10.8 Å². The second-order valence-corrected chi connectivity index (χ2v) is 9.27. The molecule has 0 saturated carbocycles. The quantitative estimate of drug-likeness (QED) is 0.553. The first-order chi connectivity index (χ1) is 14.8. The third-order valence-corrected chi connectivity index (χ3v) is 6.57. The minimum Gasteiger partial charge on any atom is -0.495 e. The van der Waals surface area contributed by atoms with Crippen molar-refractivity contribution in [3.05, 3.63) is 40.3 Å². The van der Waals surface area contributed by atoms with Gasteiger partial charge in [0.05, 0.1) is 18.4 Å². The first-order valence-electron chi connectivity index (χ1n) is 10.4. The van der Waals surface area contributed by atoms with Gasteiger partial charge in [0.2, 0.25) is 5.91 Å². The van der Waals surface area contributed by atoms with Gasteiger partial charge in [-0.1, -0.05) is 26.0 Å². The number of amides is 2. The van der Waals surface area contributed by atoms with E-state index in [1.54, 1.807) is 26.2 Å². The van der Waals surface area contributed by atoms with Gasteiger partial charge >= 0.3 is 5.97 Å². The highest BCUT2D eigenvalue weighted by Gasteiger charge is 2.29. The van der Waals surface area contributed by atoms with E-state index in [9.17, 15) is 14.4 Å². The van der Waals surface area contributed by atoms with Crippen LogP contribution in [-0.4, -0.2) is 30.0 Å². The summed E-state index contributed by atoms with van der Waals surface area (Å²) in [6.45, 7) is 3.91. The standard InChI is InChI=1S/C23H28N2O5S/c1-13-8-9-15-18(10-13)31-23(25-19(26)11-14(2)12-20(27)28)21(15)22(29)24-16-6-4-5-7-17(16)30-3/h4-7,13-14H,8-12H2,1-3H3,(H,24,29)(H,25,26)(H,27,28). The summed E-state index contributed by atoms with van der Waals surface area (Å²) in [7, 11) is 1.54. The number of carboxylic acid groups (broad SMARTS) is 1. The van der Waals surface area contributed by atoms with E-state index in [1.165, 1.54) is 11.3 Å². The number of fused-ring (bicyclic) bond motifs is 1. The lowest BCUT2D eigenvalue weighted by molar-refractivity contribution is -0.138. The molecule has 3 N–H and O–H groups in total. The molecule has 1 aliphatic rings. The normalized spacial score (nSPS) is 16.2. The van der Waals surface area contributed by atoms with Crippen LogP contribution < -0.4 is 15.4 Å². The fraction of sp³-hybridized carbons (Fsp3) is 0.435. The Kier molecular flexibility index (Phi) is 7.33. The van der Waals surface area contributed by atoms with Crippen LogP contribution in [0.4, 0.5) is 10.7 Å². The first-order valence-corrected chi connectivity index (χ1v) is 11.2. The molecule has 3 rings (SSSR count). The Morgan fingerprint density at radius 1 is 1.23 bits per heavy atom. The van der Waals surface area contributed by atoms with Gasteiger partial charge in [-0.2, -0.15) is 0 Å². The van der Waals surface area contributed by atoms with Crippen LogP contribution in [0.15, 0.2) is 24.3 Å². The van der Waals surface area contributed by atoms with Crippen molar-refractivity contribution in [2.45, 2.75) is 46.0 Å². The maximum absolute atomic E-state index is 13.3. The lowest BCUT2D eigenvalue weighted by Gasteiger charge is -2.19. The topological polar surface area (TPSA) is 105 Å². The van der Waals surface area contributed by atoms with E-state index in [4.69, 9.17) is 9.84 Å². The molecule has 0 fully saturated rings. The molecule has 1 heterocycles. The number of carbonyl (C=O) groups is 3. The van der Waals surface area contributed by atoms with Gasteiger partial charge in [0.15, 0.2) is 0 Å². The Morgan fingerprint density at radius 3 is 2.68 bits per heavy atom. The minimum absolute atomic E-state index is 0.0764. The highest BCUT2D eigenvalue weighted by Crippen LogP contribution is 2.40. The molecule has 0 radical (unpaired) electrons. The number of para-hydroxylation sites is 2. The van der Waals surface area contributed by atoms with Crippen molar-refractivity contribution in [2.75, 3.05) is 17.7 Å². The fourth-order valence-electron chi connectivity index (χ4n) is 3.88. The number of carboxylic acids is 1. The van der Waals surface area contributed by atoms with Crippen molar-refractivity contribution in [3.63, 3.8) is 0 Å². The van der Waals surface area contributed by atoms with Gasteiger partial charge in [-0.25, -0.2) is 0 Å². The number of methoxy groups -OCH3 is 1. The molecule has 0 spiro atoms. The number of hydrogen-bond acceptors (Lipinski definition) is 5. The number of aliphatic carboxylic acids is 1. The molecule has 2 atom stereocenters. The summed E-state index contributed by atoms with van der Waals surface area (Å²) >= 11 is 1.44. The number of nitrogens with one attached hydrogen (secondary N) is 2. The van der Waals surface area contributed by atoms with Gasteiger partial charge < -0.3 is 20.5 Å². The van der Waals surface area contributed by atoms with Crippen molar-refractivity contribution >= 4 is 39.8 Å². The third kappa shape index (κ3) is 5.64. The highest BCUT2D eigenvalue weighted by atomic mass is 32.1. The van der Waals surface area contributed by atoms with Crippen molar-refractivity contribution in [1.82, 2.24) is 0 Å². The summed E-state index contributed by atoms with van der Waals surface area (Å²) in [5.41, 5.74) is 2.05. The van der Waals surface area contributed by atoms with Crippen LogP contribution in [0.3, 0.4) is 0 Å². The second kappa shape index (κ2) is 9.96. The van der Waals surface area contributed by atoms with Crippen LogP contribution in [-0.2, 0) is 22.4 Å². The Hall–Kier alpha value is -2.87. The maximum atomic E-state index is 13.3. The van der Waals surface area contributed by atoms with E-state index < -0.39 is 5.97 Å². The van der Waals surface area contributed by atoms with Crippen LogP contribution in [0, 0.1) is 11.8 Å². The Balaban J connectivity index is 1.86. The Labute approximate surface area is 185 Å². The summed E-state index contributed by atoms with van der Waals surface area (Å²) in [4.78, 5) is 37.9. The van der Waals surface area contributed by atoms with Gasteiger partial charge in [-0.3, -0.25) is 14.4 Å². The molecule has 0 bridgehead atoms. The second-order valence-electron chi connectivity index (χ2n) is 8.17. The Bertz CT molecular complexity index is 984. The van der Waals surface area contributed by atoms with Crippen molar-refractivity contribution in [1.29, 1.82) is 0 Å². The van der Waals surface area contributed by atoms with Crippen LogP contribution >= 0.6 is 11.3 Å². The average molecular weight is 445 g/mol. The molecule has 1 aromatic carbocycles. The number of ether oxygens (including phenoxy) is 1. The lowest BCUT2D eigenvalue weighted by atomic mass is 9.88. The molecular formula is C23H28N2O5S. The number of thiophene rings is 1. The van der Waals surface area contributed by atoms with Crippen LogP contribution in [0.5, 0.6) is 5.75 Å². The predicted molar refractivity (Wildman–Crippen MR) is 121 cm³/mol. The highest BCUT2D eigenvalue weighted by molar-refractivity contribution is 7.17. The molecule has 166 valence electrons. The van der Waals surface area contributed by atoms with E-state index in [0.717, 1.165) is 29.7 Å². The summed E-state index contributed by atoms with van der Waals surface area (Å²) in [6.07, 6.45) is 2.65. The largest absolute Gasteiger partial charge is 0.495 e. The molecule has 7 nitrogen and oxygen atoms in total. The molecule has 0 aliphatic heterocycles. The Morgan fingerprint density at radius 2 is 1.97 bits per heavy atom. The number of carbonyl (C=O) groups excluding carboxylic acids is 2. The van der Waals surface area contributed by atoms with Crippen molar-refractivity contribution in [3.8, 4) is 5.75 Å². The third-order valence-electron chi connectivity index (χ3n) is 5.40. The molecule has 0 saturated heterocycles. The van der Waals surface area contributed by atoms with Gasteiger partial charge in [0, 0.05) is 17.7 Å². The molecule has 1 aliphatic carbocycles. The van der Waals surface area contributed by atoms with E-state index in [-0.39, 0.29) is 30.6 Å². The summed E-state index contributed by atoms with van der Waals surface area (Å²) < 4.78 is 5.33.